The molecule has 2 heterocycles. The summed E-state index contributed by atoms with van der Waals surface area (Å²) in [5.74, 6) is -0.0743. The monoisotopic (exact) mass is 301 g/mol. The quantitative estimate of drug-likeness (QED) is 0.906. The number of amides is 1. The van der Waals surface area contributed by atoms with Crippen LogP contribution < -0.4 is 10.8 Å². The Balaban J connectivity index is 1.82. The van der Waals surface area contributed by atoms with Crippen LogP contribution in [0.3, 0.4) is 0 Å². The molecular weight excluding hydrogens is 278 g/mol. The third-order valence-electron chi connectivity index (χ3n) is 4.58. The molecule has 0 spiro atoms. The maximum absolute atomic E-state index is 12.7. The van der Waals surface area contributed by atoms with Crippen molar-refractivity contribution in [3.63, 3.8) is 0 Å². The summed E-state index contributed by atoms with van der Waals surface area (Å²) in [5, 5.41) is 2.78. The van der Waals surface area contributed by atoms with Gasteiger partial charge in [0.15, 0.2) is 0 Å². The number of hydrogen-bond acceptors (Lipinski definition) is 3. The lowest BCUT2D eigenvalue weighted by Crippen LogP contribution is -2.42. The molecule has 1 amide bonds. The van der Waals surface area contributed by atoms with Gasteiger partial charge in [0, 0.05) is 19.2 Å². The van der Waals surface area contributed by atoms with E-state index in [2.05, 4.69) is 5.32 Å². The van der Waals surface area contributed by atoms with Crippen LogP contribution in [-0.4, -0.2) is 29.0 Å². The molecule has 1 atom stereocenters. The van der Waals surface area contributed by atoms with Gasteiger partial charge in [0.2, 0.25) is 11.8 Å². The van der Waals surface area contributed by atoms with Gasteiger partial charge in [-0.3, -0.25) is 19.1 Å². The summed E-state index contributed by atoms with van der Waals surface area (Å²) in [6.45, 7) is 0.433. The number of piperidine rings is 1. The minimum absolute atomic E-state index is 0.0363. The van der Waals surface area contributed by atoms with Gasteiger partial charge in [-0.05, 0) is 31.4 Å². The van der Waals surface area contributed by atoms with Crippen molar-refractivity contribution in [1.29, 1.82) is 0 Å². The van der Waals surface area contributed by atoms with Crippen LogP contribution in [0, 0.1) is 5.92 Å². The minimum Gasteiger partial charge on any atom is -0.355 e. The predicted molar refractivity (Wildman–Crippen MR) is 83.2 cm³/mol. The Bertz CT molecular complexity index is 604. The molecule has 5 heteroatoms. The lowest BCUT2D eigenvalue weighted by Gasteiger charge is -2.22. The fourth-order valence-corrected chi connectivity index (χ4v) is 3.26. The molecule has 1 aliphatic carbocycles. The normalized spacial score (nSPS) is 24.1. The fourth-order valence-electron chi connectivity index (χ4n) is 3.26. The highest BCUT2D eigenvalue weighted by molar-refractivity contribution is 5.85. The number of carbonyl (C=O) groups is 2. The fraction of sp³-hybridized carbons (Fsp3) is 0.588. The van der Waals surface area contributed by atoms with Crippen LogP contribution >= 0.6 is 0 Å². The van der Waals surface area contributed by atoms with E-state index in [-0.39, 0.29) is 17.7 Å². The summed E-state index contributed by atoms with van der Waals surface area (Å²) in [4.78, 5) is 28.8. The van der Waals surface area contributed by atoms with Crippen LogP contribution in [0.25, 0.3) is 0 Å². The van der Waals surface area contributed by atoms with Crippen LogP contribution in [0.4, 0.5) is 0 Å². The molecule has 1 saturated heterocycles. The lowest BCUT2D eigenvalue weighted by atomic mass is 9.96. The maximum Gasteiger partial charge on any atom is 0.237 e. The maximum atomic E-state index is 12.7. The van der Waals surface area contributed by atoms with Crippen molar-refractivity contribution < 1.29 is 9.59 Å². The number of hydrogen-bond donors (Lipinski definition) is 1. The molecule has 1 saturated carbocycles. The Kier molecular flexibility index (Phi) is 4.71. The van der Waals surface area contributed by atoms with Gasteiger partial charge >= 0.3 is 0 Å². The summed E-state index contributed by atoms with van der Waals surface area (Å²) in [5.41, 5.74) is 0.747. The summed E-state index contributed by atoms with van der Waals surface area (Å²) >= 11 is 0. The molecule has 0 radical (unpaired) electrons. The number of rotatable bonds is 2. The van der Waals surface area contributed by atoms with Gasteiger partial charge in [0.05, 0.1) is 12.0 Å². The SMILES string of the molecule is O=C1CCC(C(=O)n2ccccc2=NC2CCCCC2)CN1. The van der Waals surface area contributed by atoms with Gasteiger partial charge in [0.25, 0.3) is 0 Å². The van der Waals surface area contributed by atoms with E-state index in [0.717, 1.165) is 18.3 Å². The third kappa shape index (κ3) is 3.46. The molecule has 5 nitrogen and oxygen atoms in total. The first-order valence-corrected chi connectivity index (χ1v) is 8.26. The van der Waals surface area contributed by atoms with E-state index < -0.39 is 0 Å². The zero-order valence-corrected chi connectivity index (χ0v) is 12.8. The zero-order valence-electron chi connectivity index (χ0n) is 12.8. The number of carbonyl (C=O) groups excluding carboxylic acids is 2. The van der Waals surface area contributed by atoms with Gasteiger partial charge < -0.3 is 5.32 Å². The van der Waals surface area contributed by atoms with Crippen molar-refractivity contribution in [2.75, 3.05) is 6.54 Å². The number of aromatic nitrogens is 1. The summed E-state index contributed by atoms with van der Waals surface area (Å²) in [7, 11) is 0. The molecule has 1 aromatic rings. The lowest BCUT2D eigenvalue weighted by molar-refractivity contribution is -0.122. The zero-order chi connectivity index (χ0) is 15.4. The first-order chi connectivity index (χ1) is 10.7. The van der Waals surface area contributed by atoms with E-state index in [4.69, 9.17) is 4.99 Å². The molecule has 3 rings (SSSR count). The summed E-state index contributed by atoms with van der Waals surface area (Å²) in [6, 6.07) is 6.03. The molecular formula is C17H23N3O2. The van der Waals surface area contributed by atoms with Gasteiger partial charge in [-0.15, -0.1) is 0 Å². The predicted octanol–water partition coefficient (Wildman–Crippen LogP) is 1.89. The molecule has 1 N–H and O–H groups in total. The Morgan fingerprint density at radius 1 is 1.18 bits per heavy atom. The van der Waals surface area contributed by atoms with E-state index in [1.165, 1.54) is 19.3 Å². The molecule has 1 aromatic heterocycles. The van der Waals surface area contributed by atoms with E-state index in [0.29, 0.717) is 25.4 Å². The molecule has 1 aliphatic heterocycles. The van der Waals surface area contributed by atoms with Crippen LogP contribution in [0.15, 0.2) is 29.4 Å². The molecule has 118 valence electrons. The van der Waals surface area contributed by atoms with E-state index in [1.54, 1.807) is 10.8 Å². The summed E-state index contributed by atoms with van der Waals surface area (Å²) in [6.07, 6.45) is 8.81. The molecule has 2 aliphatic rings. The molecule has 0 aromatic carbocycles. The first kappa shape index (κ1) is 15.0. The van der Waals surface area contributed by atoms with Crippen LogP contribution in [-0.2, 0) is 4.79 Å². The third-order valence-corrected chi connectivity index (χ3v) is 4.58. The Labute approximate surface area is 130 Å². The highest BCUT2D eigenvalue weighted by Gasteiger charge is 2.25. The van der Waals surface area contributed by atoms with Crippen molar-refractivity contribution in [3.8, 4) is 0 Å². The van der Waals surface area contributed by atoms with Crippen molar-refractivity contribution >= 4 is 11.8 Å². The highest BCUT2D eigenvalue weighted by atomic mass is 16.2. The molecule has 22 heavy (non-hydrogen) atoms. The van der Waals surface area contributed by atoms with Gasteiger partial charge in [0.1, 0.15) is 5.49 Å². The van der Waals surface area contributed by atoms with Gasteiger partial charge in [-0.2, -0.15) is 0 Å². The van der Waals surface area contributed by atoms with Crippen molar-refractivity contribution in [2.24, 2.45) is 10.9 Å². The Morgan fingerprint density at radius 3 is 2.73 bits per heavy atom. The van der Waals surface area contributed by atoms with Crippen molar-refractivity contribution in [2.45, 2.75) is 51.0 Å². The summed E-state index contributed by atoms with van der Waals surface area (Å²) < 4.78 is 1.66. The topological polar surface area (TPSA) is 63.5 Å². The average Bonchev–Trinajstić information content (AvgIpc) is 2.56. The van der Waals surface area contributed by atoms with E-state index in [1.807, 2.05) is 18.2 Å². The number of nitrogens with one attached hydrogen (secondary N) is 1. The molecule has 2 fully saturated rings. The highest BCUT2D eigenvalue weighted by Crippen LogP contribution is 2.19. The second kappa shape index (κ2) is 6.90. The van der Waals surface area contributed by atoms with Crippen molar-refractivity contribution in [3.05, 3.63) is 29.9 Å². The van der Waals surface area contributed by atoms with Crippen molar-refractivity contribution in [1.82, 2.24) is 9.88 Å². The van der Waals surface area contributed by atoms with E-state index in [9.17, 15) is 9.59 Å². The van der Waals surface area contributed by atoms with Crippen LogP contribution in [0.2, 0.25) is 0 Å². The largest absolute Gasteiger partial charge is 0.355 e. The molecule has 1 unspecified atom stereocenters. The molecule has 0 bridgehead atoms. The Morgan fingerprint density at radius 2 is 2.00 bits per heavy atom. The Hall–Kier alpha value is -1.91. The standard InChI is InChI=1S/C17H23N3O2/c21-16-10-9-13(12-18-16)17(22)20-11-5-4-8-15(20)19-14-6-2-1-3-7-14/h4-5,8,11,13-14H,1-3,6-7,9-10,12H2,(H,18,21). The average molecular weight is 301 g/mol. The number of nitrogens with zero attached hydrogens (tertiary/aromatic N) is 2. The van der Waals surface area contributed by atoms with Gasteiger partial charge in [-0.1, -0.05) is 25.3 Å². The van der Waals surface area contributed by atoms with Crippen LogP contribution in [0.1, 0.15) is 49.7 Å². The smallest absolute Gasteiger partial charge is 0.237 e. The van der Waals surface area contributed by atoms with Gasteiger partial charge in [-0.25, -0.2) is 0 Å². The first-order valence-electron chi connectivity index (χ1n) is 8.26. The van der Waals surface area contributed by atoms with E-state index >= 15 is 0 Å². The second-order valence-electron chi connectivity index (χ2n) is 6.23. The minimum atomic E-state index is -0.148. The second-order valence-corrected chi connectivity index (χ2v) is 6.23. The van der Waals surface area contributed by atoms with Crippen LogP contribution in [0.5, 0.6) is 0 Å². The number of pyridine rings is 1.